The maximum Gasteiger partial charge on any atom is 0.258 e. The van der Waals surface area contributed by atoms with Crippen molar-refractivity contribution in [3.8, 4) is 0 Å². The summed E-state index contributed by atoms with van der Waals surface area (Å²) in [4.78, 5) is 13.9. The van der Waals surface area contributed by atoms with E-state index in [0.717, 1.165) is 11.3 Å². The minimum Gasteiger partial charge on any atom is -0.311 e. The first-order chi connectivity index (χ1) is 8.20. The zero-order valence-electron chi connectivity index (χ0n) is 10.1. The van der Waals surface area contributed by atoms with Gasteiger partial charge in [-0.15, -0.1) is 0 Å². The van der Waals surface area contributed by atoms with E-state index >= 15 is 0 Å². The Bertz CT molecular complexity index is 519. The topological polar surface area (TPSA) is 20.3 Å². The average molecular weight is 225 g/mol. The lowest BCUT2D eigenvalue weighted by Gasteiger charge is -2.19. The van der Waals surface area contributed by atoms with Crippen molar-refractivity contribution in [3.05, 3.63) is 65.7 Å². The average Bonchev–Trinajstić information content (AvgIpc) is 2.39. The van der Waals surface area contributed by atoms with Crippen LogP contribution < -0.4 is 4.90 Å². The summed E-state index contributed by atoms with van der Waals surface area (Å²) < 4.78 is 0. The van der Waals surface area contributed by atoms with Crippen molar-refractivity contribution in [2.75, 3.05) is 11.9 Å². The maximum atomic E-state index is 12.2. The Morgan fingerprint density at radius 1 is 0.941 bits per heavy atom. The Hall–Kier alpha value is -2.09. The molecule has 0 atom stereocenters. The van der Waals surface area contributed by atoms with Crippen molar-refractivity contribution < 1.29 is 4.79 Å². The molecule has 2 aromatic carbocycles. The number of aryl methyl sites for hydroxylation is 1. The third-order valence-electron chi connectivity index (χ3n) is 2.80. The van der Waals surface area contributed by atoms with Crippen molar-refractivity contribution in [1.82, 2.24) is 0 Å². The minimum atomic E-state index is 0.0138. The molecule has 17 heavy (non-hydrogen) atoms. The Morgan fingerprint density at radius 2 is 1.53 bits per heavy atom. The zero-order valence-corrected chi connectivity index (χ0v) is 10.1. The summed E-state index contributed by atoms with van der Waals surface area (Å²) in [5, 5.41) is 0. The highest BCUT2D eigenvalue weighted by Gasteiger charge is 2.13. The third kappa shape index (κ3) is 2.36. The van der Waals surface area contributed by atoms with Gasteiger partial charge in [-0.05, 0) is 30.7 Å². The SMILES string of the molecule is Cc1ccccc1N(C)C(=O)c1ccccc1. The Kier molecular flexibility index (Phi) is 3.24. The van der Waals surface area contributed by atoms with Crippen LogP contribution in [0.2, 0.25) is 0 Å². The monoisotopic (exact) mass is 225 g/mol. The van der Waals surface area contributed by atoms with Gasteiger partial charge in [-0.2, -0.15) is 0 Å². The van der Waals surface area contributed by atoms with Crippen LogP contribution in [0.15, 0.2) is 54.6 Å². The molecule has 2 heteroatoms. The minimum absolute atomic E-state index is 0.0138. The van der Waals surface area contributed by atoms with Gasteiger partial charge in [-0.1, -0.05) is 36.4 Å². The van der Waals surface area contributed by atoms with E-state index in [1.54, 1.807) is 11.9 Å². The van der Waals surface area contributed by atoms with Crippen molar-refractivity contribution >= 4 is 11.6 Å². The first-order valence-electron chi connectivity index (χ1n) is 5.59. The number of para-hydroxylation sites is 1. The van der Waals surface area contributed by atoms with Crippen LogP contribution in [0.4, 0.5) is 5.69 Å². The van der Waals surface area contributed by atoms with Gasteiger partial charge in [0.05, 0.1) is 0 Å². The van der Waals surface area contributed by atoms with Crippen LogP contribution >= 0.6 is 0 Å². The molecule has 0 aromatic heterocycles. The molecule has 0 unspecified atom stereocenters. The van der Waals surface area contributed by atoms with Crippen LogP contribution in [0.3, 0.4) is 0 Å². The molecule has 0 heterocycles. The summed E-state index contributed by atoms with van der Waals surface area (Å²) >= 11 is 0. The Labute approximate surface area is 102 Å². The van der Waals surface area contributed by atoms with Crippen LogP contribution in [0.5, 0.6) is 0 Å². The molecule has 86 valence electrons. The molecule has 0 radical (unpaired) electrons. The summed E-state index contributed by atoms with van der Waals surface area (Å²) in [6, 6.07) is 17.2. The number of nitrogens with zero attached hydrogens (tertiary/aromatic N) is 1. The van der Waals surface area contributed by atoms with Crippen LogP contribution in [-0.4, -0.2) is 13.0 Å². The first-order valence-corrected chi connectivity index (χ1v) is 5.59. The van der Waals surface area contributed by atoms with Crippen molar-refractivity contribution in [1.29, 1.82) is 0 Å². The summed E-state index contributed by atoms with van der Waals surface area (Å²) in [5.74, 6) is 0.0138. The number of carbonyl (C=O) groups is 1. The molecule has 0 fully saturated rings. The van der Waals surface area contributed by atoms with Gasteiger partial charge >= 0.3 is 0 Å². The molecule has 1 amide bonds. The van der Waals surface area contributed by atoms with E-state index in [9.17, 15) is 4.79 Å². The molecule has 0 bridgehead atoms. The lowest BCUT2D eigenvalue weighted by molar-refractivity contribution is 0.0993. The van der Waals surface area contributed by atoms with Crippen LogP contribution in [0.1, 0.15) is 15.9 Å². The molecule has 2 nitrogen and oxygen atoms in total. The number of anilines is 1. The fraction of sp³-hybridized carbons (Fsp3) is 0.133. The quantitative estimate of drug-likeness (QED) is 0.768. The molecule has 0 saturated heterocycles. The van der Waals surface area contributed by atoms with Crippen molar-refractivity contribution in [2.45, 2.75) is 6.92 Å². The highest BCUT2D eigenvalue weighted by molar-refractivity contribution is 6.06. The van der Waals surface area contributed by atoms with Gasteiger partial charge in [0, 0.05) is 18.3 Å². The lowest BCUT2D eigenvalue weighted by atomic mass is 10.1. The maximum absolute atomic E-state index is 12.2. The van der Waals surface area contributed by atoms with E-state index in [1.165, 1.54) is 0 Å². The van der Waals surface area contributed by atoms with Gasteiger partial charge in [0.1, 0.15) is 0 Å². The number of amides is 1. The molecular formula is C15H15NO. The highest BCUT2D eigenvalue weighted by atomic mass is 16.2. The second kappa shape index (κ2) is 4.83. The number of carbonyl (C=O) groups excluding carboxylic acids is 1. The summed E-state index contributed by atoms with van der Waals surface area (Å²) in [7, 11) is 1.80. The lowest BCUT2D eigenvalue weighted by Crippen LogP contribution is -2.26. The standard InChI is InChI=1S/C15H15NO/c1-12-8-6-7-11-14(12)16(2)15(17)13-9-4-3-5-10-13/h3-11H,1-2H3. The molecule has 2 rings (SSSR count). The fourth-order valence-corrected chi connectivity index (χ4v) is 1.82. The number of rotatable bonds is 2. The molecule has 0 aliphatic carbocycles. The smallest absolute Gasteiger partial charge is 0.258 e. The largest absolute Gasteiger partial charge is 0.311 e. The van der Waals surface area contributed by atoms with Gasteiger partial charge in [-0.3, -0.25) is 4.79 Å². The predicted molar refractivity (Wildman–Crippen MR) is 70.4 cm³/mol. The highest BCUT2D eigenvalue weighted by Crippen LogP contribution is 2.19. The second-order valence-electron chi connectivity index (χ2n) is 4.02. The van der Waals surface area contributed by atoms with E-state index in [1.807, 2.05) is 61.5 Å². The van der Waals surface area contributed by atoms with Gasteiger partial charge in [0.25, 0.3) is 5.91 Å². The fourth-order valence-electron chi connectivity index (χ4n) is 1.82. The van der Waals surface area contributed by atoms with E-state index in [4.69, 9.17) is 0 Å². The Morgan fingerprint density at radius 3 is 2.18 bits per heavy atom. The van der Waals surface area contributed by atoms with Crippen LogP contribution in [0, 0.1) is 6.92 Å². The molecule has 0 spiro atoms. The zero-order chi connectivity index (χ0) is 12.3. The van der Waals surface area contributed by atoms with Gasteiger partial charge < -0.3 is 4.90 Å². The van der Waals surface area contributed by atoms with Crippen molar-refractivity contribution in [2.24, 2.45) is 0 Å². The van der Waals surface area contributed by atoms with E-state index < -0.39 is 0 Å². The number of benzene rings is 2. The van der Waals surface area contributed by atoms with E-state index in [-0.39, 0.29) is 5.91 Å². The molecule has 0 aliphatic heterocycles. The van der Waals surface area contributed by atoms with Gasteiger partial charge in [0.15, 0.2) is 0 Å². The number of hydrogen-bond acceptors (Lipinski definition) is 1. The Balaban J connectivity index is 2.30. The normalized spacial score (nSPS) is 10.0. The molecule has 0 N–H and O–H groups in total. The van der Waals surface area contributed by atoms with Crippen LogP contribution in [-0.2, 0) is 0 Å². The predicted octanol–water partition coefficient (Wildman–Crippen LogP) is 3.27. The summed E-state index contributed by atoms with van der Waals surface area (Å²) in [5.41, 5.74) is 2.75. The first kappa shape index (κ1) is 11.4. The van der Waals surface area contributed by atoms with Gasteiger partial charge in [-0.25, -0.2) is 0 Å². The van der Waals surface area contributed by atoms with Gasteiger partial charge in [0.2, 0.25) is 0 Å². The third-order valence-corrected chi connectivity index (χ3v) is 2.80. The second-order valence-corrected chi connectivity index (χ2v) is 4.02. The van der Waals surface area contributed by atoms with E-state index in [2.05, 4.69) is 0 Å². The summed E-state index contributed by atoms with van der Waals surface area (Å²) in [6.45, 7) is 2.00. The number of hydrogen-bond donors (Lipinski definition) is 0. The van der Waals surface area contributed by atoms with E-state index in [0.29, 0.717) is 5.56 Å². The molecular weight excluding hydrogens is 210 g/mol. The van der Waals surface area contributed by atoms with Crippen LogP contribution in [0.25, 0.3) is 0 Å². The molecule has 0 aliphatic rings. The molecule has 2 aromatic rings. The van der Waals surface area contributed by atoms with Crippen molar-refractivity contribution in [3.63, 3.8) is 0 Å². The molecule has 0 saturated carbocycles. The summed E-state index contributed by atoms with van der Waals surface area (Å²) in [6.07, 6.45) is 0.